The number of anilines is 2. The minimum absolute atomic E-state index is 0.145. The van der Waals surface area contributed by atoms with E-state index in [1.165, 1.54) is 6.33 Å². The van der Waals surface area contributed by atoms with Gasteiger partial charge in [-0.05, 0) is 12.5 Å². The highest BCUT2D eigenvalue weighted by molar-refractivity contribution is 5.69. The molecule has 2 aromatic heterocycles. The SMILES string of the molecule is CCCNc1ncnc(NCc2ccnn2C)c1[N+](=O)[O-]. The van der Waals surface area contributed by atoms with Gasteiger partial charge in [0, 0.05) is 19.8 Å². The van der Waals surface area contributed by atoms with Crippen LogP contribution in [-0.4, -0.2) is 31.2 Å². The van der Waals surface area contributed by atoms with E-state index in [4.69, 9.17) is 0 Å². The molecule has 0 fully saturated rings. The zero-order valence-corrected chi connectivity index (χ0v) is 11.9. The van der Waals surface area contributed by atoms with Crippen molar-refractivity contribution in [1.82, 2.24) is 19.7 Å². The highest BCUT2D eigenvalue weighted by Crippen LogP contribution is 2.28. The van der Waals surface area contributed by atoms with Gasteiger partial charge in [0.2, 0.25) is 11.6 Å². The van der Waals surface area contributed by atoms with Crippen LogP contribution in [0.4, 0.5) is 17.3 Å². The molecule has 0 spiro atoms. The zero-order valence-electron chi connectivity index (χ0n) is 11.9. The first-order chi connectivity index (χ1) is 10.1. The normalized spacial score (nSPS) is 10.4. The Labute approximate surface area is 121 Å². The predicted octanol–water partition coefficient (Wildman–Crippen LogP) is 1.55. The second-order valence-corrected chi connectivity index (χ2v) is 4.40. The van der Waals surface area contributed by atoms with Crippen molar-refractivity contribution in [3.63, 3.8) is 0 Å². The van der Waals surface area contributed by atoms with E-state index in [2.05, 4.69) is 25.7 Å². The molecular weight excluding hydrogens is 274 g/mol. The van der Waals surface area contributed by atoms with Crippen molar-refractivity contribution in [3.8, 4) is 0 Å². The second kappa shape index (κ2) is 6.64. The molecule has 0 atom stereocenters. The zero-order chi connectivity index (χ0) is 15.2. The van der Waals surface area contributed by atoms with Gasteiger partial charge in [-0.3, -0.25) is 14.8 Å². The minimum Gasteiger partial charge on any atom is -0.364 e. The van der Waals surface area contributed by atoms with Crippen molar-refractivity contribution >= 4 is 17.3 Å². The van der Waals surface area contributed by atoms with E-state index in [9.17, 15) is 10.1 Å². The lowest BCUT2D eigenvalue weighted by molar-refractivity contribution is -0.383. The first kappa shape index (κ1) is 14.7. The third-order valence-corrected chi connectivity index (χ3v) is 2.91. The largest absolute Gasteiger partial charge is 0.364 e. The Morgan fingerprint density at radius 1 is 1.33 bits per heavy atom. The van der Waals surface area contributed by atoms with Crippen LogP contribution in [0.1, 0.15) is 19.0 Å². The van der Waals surface area contributed by atoms with Crippen LogP contribution in [0.3, 0.4) is 0 Å². The van der Waals surface area contributed by atoms with Gasteiger partial charge in [0.25, 0.3) is 0 Å². The lowest BCUT2D eigenvalue weighted by atomic mass is 10.3. The molecule has 9 nitrogen and oxygen atoms in total. The first-order valence-electron chi connectivity index (χ1n) is 6.57. The number of aryl methyl sites for hydroxylation is 1. The van der Waals surface area contributed by atoms with Crippen LogP contribution in [-0.2, 0) is 13.6 Å². The van der Waals surface area contributed by atoms with E-state index in [1.54, 1.807) is 17.9 Å². The van der Waals surface area contributed by atoms with E-state index in [1.807, 2.05) is 13.0 Å². The molecule has 9 heteroatoms. The van der Waals surface area contributed by atoms with Gasteiger partial charge in [0.05, 0.1) is 17.2 Å². The van der Waals surface area contributed by atoms with Crippen molar-refractivity contribution < 1.29 is 4.92 Å². The van der Waals surface area contributed by atoms with Crippen molar-refractivity contribution in [1.29, 1.82) is 0 Å². The fourth-order valence-corrected chi connectivity index (χ4v) is 1.80. The van der Waals surface area contributed by atoms with Crippen molar-refractivity contribution in [2.75, 3.05) is 17.2 Å². The molecule has 2 rings (SSSR count). The third-order valence-electron chi connectivity index (χ3n) is 2.91. The van der Waals surface area contributed by atoms with Crippen LogP contribution in [0.5, 0.6) is 0 Å². The molecule has 112 valence electrons. The molecule has 2 N–H and O–H groups in total. The first-order valence-corrected chi connectivity index (χ1v) is 6.57. The fourth-order valence-electron chi connectivity index (χ4n) is 1.80. The number of hydrogen-bond donors (Lipinski definition) is 2. The van der Waals surface area contributed by atoms with Gasteiger partial charge < -0.3 is 10.6 Å². The third kappa shape index (κ3) is 3.44. The van der Waals surface area contributed by atoms with Crippen LogP contribution in [0.25, 0.3) is 0 Å². The van der Waals surface area contributed by atoms with Crippen LogP contribution in [0.15, 0.2) is 18.6 Å². The molecule has 21 heavy (non-hydrogen) atoms. The van der Waals surface area contributed by atoms with E-state index in [0.29, 0.717) is 13.1 Å². The van der Waals surface area contributed by atoms with E-state index in [0.717, 1.165) is 12.1 Å². The molecule has 0 saturated heterocycles. The van der Waals surface area contributed by atoms with Crippen LogP contribution >= 0.6 is 0 Å². The number of nitro groups is 1. The van der Waals surface area contributed by atoms with Gasteiger partial charge in [0.1, 0.15) is 6.33 Å². The maximum Gasteiger partial charge on any atom is 0.353 e. The molecule has 0 radical (unpaired) electrons. The quantitative estimate of drug-likeness (QED) is 0.588. The summed E-state index contributed by atoms with van der Waals surface area (Å²) in [5, 5.41) is 21.2. The lowest BCUT2D eigenvalue weighted by Crippen LogP contribution is -2.11. The van der Waals surface area contributed by atoms with Gasteiger partial charge in [0.15, 0.2) is 0 Å². The summed E-state index contributed by atoms with van der Waals surface area (Å²) in [7, 11) is 1.81. The predicted molar refractivity (Wildman–Crippen MR) is 78.0 cm³/mol. The summed E-state index contributed by atoms with van der Waals surface area (Å²) in [5.41, 5.74) is 0.749. The van der Waals surface area contributed by atoms with Gasteiger partial charge in [-0.1, -0.05) is 6.92 Å². The number of rotatable bonds is 7. The molecule has 0 saturated carbocycles. The summed E-state index contributed by atoms with van der Waals surface area (Å²) < 4.78 is 1.69. The molecular formula is C12H17N7O2. The van der Waals surface area contributed by atoms with Gasteiger partial charge >= 0.3 is 5.69 Å². The minimum atomic E-state index is -0.483. The number of nitrogens with one attached hydrogen (secondary N) is 2. The number of nitrogens with zero attached hydrogens (tertiary/aromatic N) is 5. The summed E-state index contributed by atoms with van der Waals surface area (Å²) in [6.45, 7) is 2.97. The Morgan fingerprint density at radius 3 is 2.62 bits per heavy atom. The van der Waals surface area contributed by atoms with Gasteiger partial charge in [-0.25, -0.2) is 9.97 Å². The van der Waals surface area contributed by atoms with Crippen LogP contribution in [0, 0.1) is 10.1 Å². The standard InChI is InChI=1S/C12H17N7O2/c1-3-5-13-11-10(19(20)21)12(16-8-15-11)14-7-9-4-6-17-18(9)2/h4,6,8H,3,5,7H2,1-2H3,(H2,13,14,15,16). The Morgan fingerprint density at radius 2 is 2.05 bits per heavy atom. The molecule has 2 aromatic rings. The molecule has 0 aromatic carbocycles. The Hall–Kier alpha value is -2.71. The van der Waals surface area contributed by atoms with Crippen LogP contribution in [0.2, 0.25) is 0 Å². The number of hydrogen-bond acceptors (Lipinski definition) is 7. The average molecular weight is 291 g/mol. The highest BCUT2D eigenvalue weighted by atomic mass is 16.6. The summed E-state index contributed by atoms with van der Waals surface area (Å²) in [6.07, 6.45) is 3.81. The smallest absolute Gasteiger partial charge is 0.353 e. The molecule has 0 unspecified atom stereocenters. The summed E-state index contributed by atoms with van der Waals surface area (Å²) >= 11 is 0. The molecule has 2 heterocycles. The van der Waals surface area contributed by atoms with Crippen molar-refractivity contribution in [2.45, 2.75) is 19.9 Å². The maximum absolute atomic E-state index is 11.3. The van der Waals surface area contributed by atoms with Gasteiger partial charge in [-0.15, -0.1) is 0 Å². The summed E-state index contributed by atoms with van der Waals surface area (Å²) in [4.78, 5) is 18.7. The molecule has 0 aliphatic carbocycles. The van der Waals surface area contributed by atoms with E-state index >= 15 is 0 Å². The second-order valence-electron chi connectivity index (χ2n) is 4.40. The lowest BCUT2D eigenvalue weighted by Gasteiger charge is -2.09. The van der Waals surface area contributed by atoms with E-state index < -0.39 is 4.92 Å². The van der Waals surface area contributed by atoms with Gasteiger partial charge in [-0.2, -0.15) is 5.10 Å². The molecule has 0 amide bonds. The Kier molecular flexibility index (Phi) is 4.64. The Balaban J connectivity index is 2.21. The van der Waals surface area contributed by atoms with E-state index in [-0.39, 0.29) is 17.3 Å². The van der Waals surface area contributed by atoms with Crippen LogP contribution < -0.4 is 10.6 Å². The summed E-state index contributed by atoms with van der Waals surface area (Å²) in [5.74, 6) is 0.416. The topological polar surface area (TPSA) is 111 Å². The van der Waals surface area contributed by atoms with Crippen molar-refractivity contribution in [3.05, 3.63) is 34.4 Å². The molecule has 0 bridgehead atoms. The fraction of sp³-hybridized carbons (Fsp3) is 0.417. The summed E-state index contributed by atoms with van der Waals surface area (Å²) in [6, 6.07) is 1.83. The van der Waals surface area contributed by atoms with Crippen molar-refractivity contribution in [2.24, 2.45) is 7.05 Å². The Bertz CT molecular complexity index is 626. The average Bonchev–Trinajstić information content (AvgIpc) is 2.87. The number of aromatic nitrogens is 4. The molecule has 0 aliphatic heterocycles. The molecule has 0 aliphatic rings. The maximum atomic E-state index is 11.3. The monoisotopic (exact) mass is 291 g/mol. The highest BCUT2D eigenvalue weighted by Gasteiger charge is 2.22.